The van der Waals surface area contributed by atoms with Crippen LogP contribution in [0.25, 0.3) is 0 Å². The highest BCUT2D eigenvalue weighted by Gasteiger charge is 2.30. The molecule has 0 bridgehead atoms. The molecule has 116 valence electrons. The van der Waals surface area contributed by atoms with Gasteiger partial charge in [0.1, 0.15) is 5.76 Å². The molecule has 0 unspecified atom stereocenters. The van der Waals surface area contributed by atoms with Gasteiger partial charge in [-0.25, -0.2) is 0 Å². The van der Waals surface area contributed by atoms with Crippen LogP contribution in [0.2, 0.25) is 0 Å². The summed E-state index contributed by atoms with van der Waals surface area (Å²) in [5.41, 5.74) is 2.80. The first-order valence-electron chi connectivity index (χ1n) is 7.64. The molecule has 2 aromatic rings. The molecule has 22 heavy (non-hydrogen) atoms. The Morgan fingerprint density at radius 2 is 2.27 bits per heavy atom. The highest BCUT2D eigenvalue weighted by atomic mass is 16.5. The van der Waals surface area contributed by atoms with Gasteiger partial charge in [-0.15, -0.1) is 0 Å². The number of amides is 1. The number of carbonyl (C=O) groups is 1. The molecule has 0 aliphatic carbocycles. The zero-order chi connectivity index (χ0) is 15.5. The average molecular weight is 300 g/mol. The predicted octanol–water partition coefficient (Wildman–Crippen LogP) is 2.38. The van der Waals surface area contributed by atoms with Crippen LogP contribution in [0.4, 0.5) is 0 Å². The highest BCUT2D eigenvalue weighted by Crippen LogP contribution is 2.31. The fourth-order valence-electron chi connectivity index (χ4n) is 3.09. The van der Waals surface area contributed by atoms with E-state index in [0.717, 1.165) is 42.1 Å². The Hall–Kier alpha value is -2.24. The summed E-state index contributed by atoms with van der Waals surface area (Å²) in [6.07, 6.45) is 8.20. The molecule has 6 nitrogen and oxygen atoms in total. The van der Waals surface area contributed by atoms with E-state index in [4.69, 9.17) is 4.52 Å². The average Bonchev–Trinajstić information content (AvgIpc) is 3.14. The van der Waals surface area contributed by atoms with Gasteiger partial charge in [0.05, 0.1) is 23.6 Å². The van der Waals surface area contributed by atoms with E-state index in [1.807, 2.05) is 18.7 Å². The molecular formula is C16H20N4O2. The minimum absolute atomic E-state index is 0.0610. The van der Waals surface area contributed by atoms with Crippen molar-refractivity contribution >= 4 is 5.91 Å². The largest absolute Gasteiger partial charge is 0.361 e. The highest BCUT2D eigenvalue weighted by molar-refractivity contribution is 5.77. The van der Waals surface area contributed by atoms with Crippen molar-refractivity contribution in [3.63, 3.8) is 0 Å². The number of aromatic nitrogens is 3. The van der Waals surface area contributed by atoms with Crippen LogP contribution in [0.3, 0.4) is 0 Å². The van der Waals surface area contributed by atoms with Crippen molar-refractivity contribution in [3.8, 4) is 0 Å². The molecule has 1 saturated heterocycles. The van der Waals surface area contributed by atoms with Gasteiger partial charge in [-0.3, -0.25) is 14.8 Å². The lowest BCUT2D eigenvalue weighted by Gasteiger charge is -2.24. The molecule has 1 amide bonds. The van der Waals surface area contributed by atoms with Crippen LogP contribution < -0.4 is 0 Å². The molecular weight excluding hydrogens is 280 g/mol. The zero-order valence-electron chi connectivity index (χ0n) is 13.0. The summed E-state index contributed by atoms with van der Waals surface area (Å²) in [6.45, 7) is 4.59. The van der Waals surface area contributed by atoms with E-state index >= 15 is 0 Å². The second kappa shape index (κ2) is 6.25. The van der Waals surface area contributed by atoms with Gasteiger partial charge in [0.25, 0.3) is 0 Å². The Morgan fingerprint density at radius 1 is 1.41 bits per heavy atom. The maximum absolute atomic E-state index is 12.6. The van der Waals surface area contributed by atoms with Gasteiger partial charge < -0.3 is 9.42 Å². The Balaban J connectivity index is 1.67. The van der Waals surface area contributed by atoms with Gasteiger partial charge in [0, 0.05) is 30.9 Å². The zero-order valence-corrected chi connectivity index (χ0v) is 13.0. The number of hydrogen-bond acceptors (Lipinski definition) is 5. The fourth-order valence-corrected chi connectivity index (χ4v) is 3.09. The Bertz CT molecular complexity index is 634. The summed E-state index contributed by atoms with van der Waals surface area (Å²) >= 11 is 0. The molecule has 1 aliphatic heterocycles. The summed E-state index contributed by atoms with van der Waals surface area (Å²) in [6, 6.07) is 0.0610. The van der Waals surface area contributed by atoms with Crippen molar-refractivity contribution in [1.29, 1.82) is 0 Å². The van der Waals surface area contributed by atoms with E-state index in [9.17, 15) is 4.79 Å². The van der Waals surface area contributed by atoms with Crippen molar-refractivity contribution in [2.75, 3.05) is 6.54 Å². The molecule has 1 aliphatic rings. The third-order valence-corrected chi connectivity index (χ3v) is 4.27. The molecule has 1 fully saturated rings. The topological polar surface area (TPSA) is 72.1 Å². The number of nitrogens with zero attached hydrogens (tertiary/aromatic N) is 4. The smallest absolute Gasteiger partial charge is 0.223 e. The van der Waals surface area contributed by atoms with Crippen molar-refractivity contribution in [3.05, 3.63) is 41.3 Å². The quantitative estimate of drug-likeness (QED) is 0.867. The minimum atomic E-state index is 0.0610. The SMILES string of the molecule is Cc1noc(C)c1CCC(=O)N1CCC[C@@H]1c1cnccn1. The first-order chi connectivity index (χ1) is 10.7. The van der Waals surface area contributed by atoms with Gasteiger partial charge in [-0.2, -0.15) is 0 Å². The van der Waals surface area contributed by atoms with E-state index in [1.54, 1.807) is 18.6 Å². The third-order valence-electron chi connectivity index (χ3n) is 4.27. The van der Waals surface area contributed by atoms with E-state index in [1.165, 1.54) is 0 Å². The van der Waals surface area contributed by atoms with Crippen LogP contribution in [-0.4, -0.2) is 32.5 Å². The van der Waals surface area contributed by atoms with Crippen molar-refractivity contribution in [2.45, 2.75) is 45.6 Å². The van der Waals surface area contributed by atoms with Crippen LogP contribution >= 0.6 is 0 Å². The van der Waals surface area contributed by atoms with Crippen molar-refractivity contribution in [2.24, 2.45) is 0 Å². The summed E-state index contributed by atoms with van der Waals surface area (Å²) in [4.78, 5) is 23.0. The molecule has 3 heterocycles. The monoisotopic (exact) mass is 300 g/mol. The van der Waals surface area contributed by atoms with Crippen LogP contribution in [0.15, 0.2) is 23.1 Å². The Labute approximate surface area is 129 Å². The van der Waals surface area contributed by atoms with Crippen LogP contribution in [0, 0.1) is 13.8 Å². The molecule has 0 spiro atoms. The first-order valence-corrected chi connectivity index (χ1v) is 7.64. The van der Waals surface area contributed by atoms with Crippen LogP contribution in [0.1, 0.15) is 48.0 Å². The molecule has 2 aromatic heterocycles. The molecule has 1 atom stereocenters. The first kappa shape index (κ1) is 14.7. The Kier molecular flexibility index (Phi) is 4.18. The summed E-state index contributed by atoms with van der Waals surface area (Å²) in [5.74, 6) is 0.963. The summed E-state index contributed by atoms with van der Waals surface area (Å²) < 4.78 is 5.15. The van der Waals surface area contributed by atoms with Crippen LogP contribution in [0.5, 0.6) is 0 Å². The second-order valence-corrected chi connectivity index (χ2v) is 5.68. The molecule has 0 aromatic carbocycles. The maximum atomic E-state index is 12.6. The molecule has 0 saturated carbocycles. The van der Waals surface area contributed by atoms with Crippen molar-refractivity contribution < 1.29 is 9.32 Å². The van der Waals surface area contributed by atoms with E-state index in [-0.39, 0.29) is 11.9 Å². The van der Waals surface area contributed by atoms with Crippen molar-refractivity contribution in [1.82, 2.24) is 20.0 Å². The standard InChI is InChI=1S/C16H20N4O2/c1-11-13(12(2)22-19-11)5-6-16(21)20-9-3-4-15(20)14-10-17-7-8-18-14/h7-8,10,15H,3-6,9H2,1-2H3/t15-/m1/s1. The molecule has 6 heteroatoms. The third kappa shape index (κ3) is 2.86. The van der Waals surface area contributed by atoms with Crippen LogP contribution in [-0.2, 0) is 11.2 Å². The van der Waals surface area contributed by atoms with Gasteiger partial charge in [0.2, 0.25) is 5.91 Å². The lowest BCUT2D eigenvalue weighted by Crippen LogP contribution is -2.31. The molecule has 3 rings (SSSR count). The number of hydrogen-bond donors (Lipinski definition) is 0. The van der Waals surface area contributed by atoms with Gasteiger partial charge in [-0.05, 0) is 33.1 Å². The van der Waals surface area contributed by atoms with Gasteiger partial charge in [-0.1, -0.05) is 5.16 Å². The Morgan fingerprint density at radius 3 is 2.95 bits per heavy atom. The molecule has 0 N–H and O–H groups in total. The number of likely N-dealkylation sites (tertiary alicyclic amines) is 1. The normalized spacial score (nSPS) is 17.9. The maximum Gasteiger partial charge on any atom is 0.223 e. The van der Waals surface area contributed by atoms with E-state index < -0.39 is 0 Å². The fraction of sp³-hybridized carbons (Fsp3) is 0.500. The lowest BCUT2D eigenvalue weighted by atomic mass is 10.1. The second-order valence-electron chi connectivity index (χ2n) is 5.68. The number of aryl methyl sites for hydroxylation is 2. The van der Waals surface area contributed by atoms with Gasteiger partial charge >= 0.3 is 0 Å². The molecule has 0 radical (unpaired) electrons. The van der Waals surface area contributed by atoms with E-state index in [0.29, 0.717) is 12.8 Å². The number of carbonyl (C=O) groups excluding carboxylic acids is 1. The van der Waals surface area contributed by atoms with E-state index in [2.05, 4.69) is 15.1 Å². The summed E-state index contributed by atoms with van der Waals surface area (Å²) in [7, 11) is 0. The lowest BCUT2D eigenvalue weighted by molar-refractivity contribution is -0.132. The minimum Gasteiger partial charge on any atom is -0.361 e. The predicted molar refractivity (Wildman–Crippen MR) is 80.0 cm³/mol. The van der Waals surface area contributed by atoms with Gasteiger partial charge in [0.15, 0.2) is 0 Å². The number of rotatable bonds is 4. The summed E-state index contributed by atoms with van der Waals surface area (Å²) in [5, 5.41) is 3.94.